The van der Waals surface area contributed by atoms with Gasteiger partial charge in [0.25, 0.3) is 0 Å². The van der Waals surface area contributed by atoms with Crippen molar-refractivity contribution >= 4 is 23.9 Å². The molecular weight excluding hydrogens is 489 g/mol. The number of hydrogen-bond donors (Lipinski definition) is 0. The van der Waals surface area contributed by atoms with Gasteiger partial charge in [0, 0.05) is 39.3 Å². The first kappa shape index (κ1) is 26.0. The van der Waals surface area contributed by atoms with E-state index in [0.29, 0.717) is 0 Å². The summed E-state index contributed by atoms with van der Waals surface area (Å²) in [6.45, 7) is -3.25. The van der Waals surface area contributed by atoms with E-state index in [9.17, 15) is 39.6 Å². The minimum Gasteiger partial charge on any atom is -0.549 e. The maximum absolute atomic E-state index is 10.4. The van der Waals surface area contributed by atoms with Crippen LogP contribution in [-0.2, 0) is 60.0 Å². The van der Waals surface area contributed by atoms with Crippen molar-refractivity contribution in [2.45, 2.75) is 0 Å². The Kier molecular flexibility index (Phi) is 16.3. The Labute approximate surface area is 153 Å². The van der Waals surface area contributed by atoms with E-state index in [0.717, 1.165) is 9.80 Å². The molecule has 0 bridgehead atoms. The summed E-state index contributed by atoms with van der Waals surface area (Å²) in [5.41, 5.74) is 0. The molecular formula is C10H12N2O8Pd2. The second-order valence-electron chi connectivity index (χ2n) is 3.91. The maximum atomic E-state index is 10.4. The van der Waals surface area contributed by atoms with Crippen LogP contribution in [0.3, 0.4) is 0 Å². The molecule has 0 saturated heterocycles. The number of nitrogens with zero attached hydrogens (tertiary/aromatic N) is 2. The number of rotatable bonds is 11. The fraction of sp³-hybridized carbons (Fsp3) is 0.600. The first-order valence-electron chi connectivity index (χ1n) is 5.44. The number of carboxylic acids is 4. The molecule has 0 amide bonds. The van der Waals surface area contributed by atoms with Crippen LogP contribution >= 0.6 is 0 Å². The summed E-state index contributed by atoms with van der Waals surface area (Å²) in [6, 6.07) is 0. The summed E-state index contributed by atoms with van der Waals surface area (Å²) >= 11 is 0. The molecule has 0 rings (SSSR count). The predicted octanol–water partition coefficient (Wildman–Crippen LogP) is -7.42. The fourth-order valence-corrected chi connectivity index (χ4v) is 1.44. The van der Waals surface area contributed by atoms with Crippen LogP contribution in [0.2, 0.25) is 0 Å². The van der Waals surface area contributed by atoms with Crippen molar-refractivity contribution in [2.24, 2.45) is 0 Å². The van der Waals surface area contributed by atoms with Gasteiger partial charge in [-0.25, -0.2) is 0 Å². The molecule has 0 unspecified atom stereocenters. The van der Waals surface area contributed by atoms with Crippen LogP contribution in [0.15, 0.2) is 0 Å². The third kappa shape index (κ3) is 15.5. The predicted molar refractivity (Wildman–Crippen MR) is 52.9 cm³/mol. The smallest absolute Gasteiger partial charge is 0.549 e. The van der Waals surface area contributed by atoms with E-state index < -0.39 is 50.1 Å². The molecule has 0 radical (unpaired) electrons. The zero-order chi connectivity index (χ0) is 15.7. The van der Waals surface area contributed by atoms with Crippen molar-refractivity contribution in [3.8, 4) is 0 Å². The van der Waals surface area contributed by atoms with Gasteiger partial charge in [-0.15, -0.1) is 0 Å². The second kappa shape index (κ2) is 13.8. The zero-order valence-corrected chi connectivity index (χ0v) is 14.1. The van der Waals surface area contributed by atoms with Gasteiger partial charge in [-0.1, -0.05) is 0 Å². The third-order valence-electron chi connectivity index (χ3n) is 2.14. The number of carbonyl (C=O) groups excluding carboxylic acids is 4. The Morgan fingerprint density at radius 2 is 0.727 bits per heavy atom. The normalized spacial score (nSPS) is 9.73. The molecule has 0 aliphatic rings. The van der Waals surface area contributed by atoms with Crippen LogP contribution in [0.1, 0.15) is 0 Å². The van der Waals surface area contributed by atoms with Crippen LogP contribution in [0, 0.1) is 0 Å². The Morgan fingerprint density at radius 3 is 0.864 bits per heavy atom. The molecule has 130 valence electrons. The topological polar surface area (TPSA) is 167 Å². The van der Waals surface area contributed by atoms with E-state index in [1.807, 2.05) is 0 Å². The second-order valence-corrected chi connectivity index (χ2v) is 3.91. The molecule has 0 aromatic carbocycles. The quantitative estimate of drug-likeness (QED) is 0.248. The van der Waals surface area contributed by atoms with Gasteiger partial charge in [0.05, 0.1) is 23.9 Å². The molecule has 0 N–H and O–H groups in total. The molecule has 0 spiro atoms. The van der Waals surface area contributed by atoms with E-state index in [1.165, 1.54) is 0 Å². The van der Waals surface area contributed by atoms with Gasteiger partial charge in [-0.05, 0) is 0 Å². The molecule has 10 nitrogen and oxygen atoms in total. The minimum absolute atomic E-state index is 0. The van der Waals surface area contributed by atoms with Crippen molar-refractivity contribution in [3.63, 3.8) is 0 Å². The SMILES string of the molecule is O=C([O-])CN(CCN(CC(=O)[O-])CC(=O)[O-])CC(=O)[O-].[Pd+2].[Pd+2]. The summed E-state index contributed by atoms with van der Waals surface area (Å²) < 4.78 is 0. The Bertz CT molecular complexity index is 325. The molecule has 0 aliphatic heterocycles. The summed E-state index contributed by atoms with van der Waals surface area (Å²) in [7, 11) is 0. The summed E-state index contributed by atoms with van der Waals surface area (Å²) in [5.74, 6) is -6.12. The van der Waals surface area contributed by atoms with Crippen LogP contribution in [0.5, 0.6) is 0 Å². The van der Waals surface area contributed by atoms with E-state index in [1.54, 1.807) is 0 Å². The van der Waals surface area contributed by atoms with Crippen molar-refractivity contribution in [1.82, 2.24) is 9.80 Å². The van der Waals surface area contributed by atoms with E-state index >= 15 is 0 Å². The van der Waals surface area contributed by atoms with Crippen LogP contribution < -0.4 is 20.4 Å². The standard InChI is InChI=1S/C10H16N2O8.2Pd/c13-7(14)3-11(4-8(15)16)1-2-12(5-9(17)18)6-10(19)20;;/h1-6H2,(H,13,14)(H,15,16)(H,17,18)(H,19,20);;/q;2*+2/p-4. The first-order valence-corrected chi connectivity index (χ1v) is 5.44. The molecule has 12 heteroatoms. The van der Waals surface area contributed by atoms with E-state index in [4.69, 9.17) is 0 Å². The Balaban J connectivity index is -0.00000180. The van der Waals surface area contributed by atoms with Crippen molar-refractivity contribution < 1.29 is 80.4 Å². The van der Waals surface area contributed by atoms with Crippen molar-refractivity contribution in [1.29, 1.82) is 0 Å². The molecule has 0 aliphatic carbocycles. The average Bonchev–Trinajstić information content (AvgIpc) is 2.22. The van der Waals surface area contributed by atoms with Gasteiger partial charge in [0.15, 0.2) is 0 Å². The molecule has 0 saturated carbocycles. The van der Waals surface area contributed by atoms with Crippen LogP contribution in [-0.4, -0.2) is 72.9 Å². The Morgan fingerprint density at radius 1 is 0.545 bits per heavy atom. The van der Waals surface area contributed by atoms with Crippen LogP contribution in [0.4, 0.5) is 0 Å². The molecule has 0 aromatic heterocycles. The van der Waals surface area contributed by atoms with Gasteiger partial charge in [0.1, 0.15) is 0 Å². The van der Waals surface area contributed by atoms with Crippen LogP contribution in [0.25, 0.3) is 0 Å². The average molecular weight is 501 g/mol. The molecule has 0 fully saturated rings. The molecule has 0 heterocycles. The number of hydrogen-bond acceptors (Lipinski definition) is 10. The van der Waals surface area contributed by atoms with Gasteiger partial charge in [-0.2, -0.15) is 0 Å². The van der Waals surface area contributed by atoms with Gasteiger partial charge < -0.3 is 39.6 Å². The third-order valence-corrected chi connectivity index (χ3v) is 2.14. The van der Waals surface area contributed by atoms with E-state index in [2.05, 4.69) is 0 Å². The minimum atomic E-state index is -1.53. The summed E-state index contributed by atoms with van der Waals surface area (Å²) in [5, 5.41) is 41.6. The Hall–Kier alpha value is -0.875. The molecule has 0 aromatic rings. The fourth-order valence-electron chi connectivity index (χ4n) is 1.44. The number of carbonyl (C=O) groups is 4. The van der Waals surface area contributed by atoms with Gasteiger partial charge >= 0.3 is 40.8 Å². The van der Waals surface area contributed by atoms with Gasteiger partial charge in [0.2, 0.25) is 0 Å². The summed E-state index contributed by atoms with van der Waals surface area (Å²) in [6.07, 6.45) is 0. The zero-order valence-electron chi connectivity index (χ0n) is 11.0. The maximum Gasteiger partial charge on any atom is 2.00 e. The molecule has 22 heavy (non-hydrogen) atoms. The largest absolute Gasteiger partial charge is 2.00 e. The first-order chi connectivity index (χ1) is 9.20. The van der Waals surface area contributed by atoms with Crippen molar-refractivity contribution in [3.05, 3.63) is 0 Å². The number of aliphatic carboxylic acids is 4. The van der Waals surface area contributed by atoms with Crippen molar-refractivity contribution in [2.75, 3.05) is 39.3 Å². The number of carboxylic acid groups (broad SMARTS) is 4. The molecule has 0 atom stereocenters. The monoisotopic (exact) mass is 500 g/mol. The van der Waals surface area contributed by atoms with Gasteiger partial charge in [-0.3, -0.25) is 9.80 Å². The summed E-state index contributed by atoms with van der Waals surface area (Å²) in [4.78, 5) is 43.4. The van der Waals surface area contributed by atoms with E-state index in [-0.39, 0.29) is 53.9 Å².